The van der Waals surface area contributed by atoms with Crippen LogP contribution in [0.4, 0.5) is 0 Å². The molecule has 1 aliphatic carbocycles. The second kappa shape index (κ2) is 7.28. The lowest BCUT2D eigenvalue weighted by atomic mass is 9.88. The minimum atomic E-state index is -0.197. The summed E-state index contributed by atoms with van der Waals surface area (Å²) in [6, 6.07) is 7.83. The molecule has 0 heterocycles. The third-order valence-electron chi connectivity index (χ3n) is 4.17. The molecule has 2 N–H and O–H groups in total. The Kier molecular flexibility index (Phi) is 5.41. The molecule has 1 aliphatic rings. The fraction of sp³-hybridized carbons (Fsp3) is 0.500. The van der Waals surface area contributed by atoms with Crippen LogP contribution < -0.4 is 5.32 Å². The zero-order valence-electron chi connectivity index (χ0n) is 12.6. The highest BCUT2D eigenvalue weighted by Crippen LogP contribution is 2.37. The van der Waals surface area contributed by atoms with Crippen LogP contribution in [0.3, 0.4) is 0 Å². The predicted octanol–water partition coefficient (Wildman–Crippen LogP) is 2.62. The average molecular weight is 285 g/mol. The standard InChI is InChI=1S/C18H23NO2/c1-18(11-5-6-12-18)17(21)19-14-16-10-3-2-8-15(16)9-4-7-13-20/h2-3,8,10,20H,5-7,11-14H2,1H3,(H,19,21). The molecule has 0 aromatic heterocycles. The SMILES string of the molecule is CC1(C(=O)NCc2ccccc2C#CCCO)CCCC1. The van der Waals surface area contributed by atoms with Crippen molar-refractivity contribution in [2.24, 2.45) is 5.41 Å². The van der Waals surface area contributed by atoms with Gasteiger partial charge in [-0.25, -0.2) is 0 Å². The molecule has 1 amide bonds. The maximum Gasteiger partial charge on any atom is 0.226 e. The Morgan fingerprint density at radius 3 is 2.76 bits per heavy atom. The molecule has 1 fully saturated rings. The van der Waals surface area contributed by atoms with Crippen LogP contribution in [0.15, 0.2) is 24.3 Å². The Bertz CT molecular complexity index is 548. The summed E-state index contributed by atoms with van der Waals surface area (Å²) in [5.41, 5.74) is 1.75. The van der Waals surface area contributed by atoms with Crippen molar-refractivity contribution in [2.45, 2.75) is 45.6 Å². The van der Waals surface area contributed by atoms with Crippen molar-refractivity contribution in [1.82, 2.24) is 5.32 Å². The van der Waals surface area contributed by atoms with Gasteiger partial charge in [-0.3, -0.25) is 4.79 Å². The Morgan fingerprint density at radius 1 is 1.33 bits per heavy atom. The van der Waals surface area contributed by atoms with E-state index in [9.17, 15) is 4.79 Å². The number of rotatable bonds is 4. The van der Waals surface area contributed by atoms with Gasteiger partial charge in [-0.1, -0.05) is 49.8 Å². The number of nitrogens with one attached hydrogen (secondary N) is 1. The molecule has 112 valence electrons. The first-order chi connectivity index (χ1) is 10.2. The summed E-state index contributed by atoms with van der Waals surface area (Å²) in [5, 5.41) is 11.8. The lowest BCUT2D eigenvalue weighted by Crippen LogP contribution is -2.36. The van der Waals surface area contributed by atoms with Gasteiger partial charge < -0.3 is 10.4 Å². The molecular formula is C18H23NO2. The summed E-state index contributed by atoms with van der Waals surface area (Å²) in [6.45, 7) is 2.64. The van der Waals surface area contributed by atoms with E-state index >= 15 is 0 Å². The van der Waals surface area contributed by atoms with Gasteiger partial charge in [0.15, 0.2) is 0 Å². The van der Waals surface area contributed by atoms with E-state index in [1.807, 2.05) is 24.3 Å². The molecule has 0 atom stereocenters. The van der Waals surface area contributed by atoms with E-state index in [1.54, 1.807) is 0 Å². The zero-order valence-corrected chi connectivity index (χ0v) is 12.6. The molecule has 0 bridgehead atoms. The van der Waals surface area contributed by atoms with E-state index in [0.29, 0.717) is 13.0 Å². The quantitative estimate of drug-likeness (QED) is 0.836. The number of hydrogen-bond acceptors (Lipinski definition) is 2. The van der Waals surface area contributed by atoms with Gasteiger partial charge in [-0.15, -0.1) is 0 Å². The minimum absolute atomic E-state index is 0.0737. The number of carbonyl (C=O) groups is 1. The molecule has 2 rings (SSSR count). The number of amides is 1. The van der Waals surface area contributed by atoms with Gasteiger partial charge in [0.25, 0.3) is 0 Å². The molecule has 0 radical (unpaired) electrons. The average Bonchev–Trinajstić information content (AvgIpc) is 2.94. The van der Waals surface area contributed by atoms with Crippen molar-refractivity contribution < 1.29 is 9.90 Å². The summed E-state index contributed by atoms with van der Waals surface area (Å²) in [5.74, 6) is 6.14. The zero-order chi connectivity index (χ0) is 15.1. The fourth-order valence-corrected chi connectivity index (χ4v) is 2.78. The lowest BCUT2D eigenvalue weighted by Gasteiger charge is -2.22. The minimum Gasteiger partial charge on any atom is -0.395 e. The van der Waals surface area contributed by atoms with Crippen LogP contribution in [0.2, 0.25) is 0 Å². The summed E-state index contributed by atoms with van der Waals surface area (Å²) < 4.78 is 0. The molecule has 0 saturated heterocycles. The van der Waals surface area contributed by atoms with Gasteiger partial charge in [-0.2, -0.15) is 0 Å². The third kappa shape index (κ3) is 4.09. The first-order valence-electron chi connectivity index (χ1n) is 7.62. The molecule has 1 saturated carbocycles. The molecule has 0 aliphatic heterocycles. The first kappa shape index (κ1) is 15.6. The van der Waals surface area contributed by atoms with Gasteiger partial charge >= 0.3 is 0 Å². The third-order valence-corrected chi connectivity index (χ3v) is 4.17. The highest BCUT2D eigenvalue weighted by molar-refractivity contribution is 5.82. The Labute approximate surface area is 126 Å². The van der Waals surface area contributed by atoms with Gasteiger partial charge in [0, 0.05) is 23.9 Å². The van der Waals surface area contributed by atoms with E-state index in [2.05, 4.69) is 24.1 Å². The fourth-order valence-electron chi connectivity index (χ4n) is 2.78. The van der Waals surface area contributed by atoms with Crippen LogP contribution in [0.1, 0.15) is 50.2 Å². The van der Waals surface area contributed by atoms with Crippen molar-refractivity contribution >= 4 is 5.91 Å². The van der Waals surface area contributed by atoms with Crippen LogP contribution in [0, 0.1) is 17.3 Å². The molecule has 0 spiro atoms. The van der Waals surface area contributed by atoms with Crippen molar-refractivity contribution in [3.8, 4) is 11.8 Å². The molecule has 1 aromatic carbocycles. The van der Waals surface area contributed by atoms with Crippen molar-refractivity contribution in [3.63, 3.8) is 0 Å². The number of carbonyl (C=O) groups excluding carboxylic acids is 1. The predicted molar refractivity (Wildman–Crippen MR) is 83.4 cm³/mol. The van der Waals surface area contributed by atoms with Gasteiger partial charge in [0.1, 0.15) is 0 Å². The summed E-state index contributed by atoms with van der Waals surface area (Å²) in [6.07, 6.45) is 4.73. The lowest BCUT2D eigenvalue weighted by molar-refractivity contribution is -0.130. The maximum atomic E-state index is 12.3. The van der Waals surface area contributed by atoms with E-state index in [-0.39, 0.29) is 17.9 Å². The molecule has 3 nitrogen and oxygen atoms in total. The van der Waals surface area contributed by atoms with Crippen LogP contribution >= 0.6 is 0 Å². The van der Waals surface area contributed by atoms with Crippen LogP contribution in [-0.4, -0.2) is 17.6 Å². The highest BCUT2D eigenvalue weighted by atomic mass is 16.2. The van der Waals surface area contributed by atoms with E-state index < -0.39 is 0 Å². The summed E-state index contributed by atoms with van der Waals surface area (Å²) >= 11 is 0. The van der Waals surface area contributed by atoms with Gasteiger partial charge in [-0.05, 0) is 24.5 Å². The Balaban J connectivity index is 2.00. The molecule has 3 heteroatoms. The van der Waals surface area contributed by atoms with Crippen molar-refractivity contribution in [1.29, 1.82) is 0 Å². The Morgan fingerprint density at radius 2 is 2.05 bits per heavy atom. The molecular weight excluding hydrogens is 262 g/mol. The van der Waals surface area contributed by atoms with E-state index in [1.165, 1.54) is 0 Å². The number of benzene rings is 1. The topological polar surface area (TPSA) is 49.3 Å². The Hall–Kier alpha value is -1.79. The molecule has 0 unspecified atom stereocenters. The second-order valence-electron chi connectivity index (χ2n) is 5.88. The van der Waals surface area contributed by atoms with Crippen LogP contribution in [0.25, 0.3) is 0 Å². The number of aliphatic hydroxyl groups is 1. The smallest absolute Gasteiger partial charge is 0.226 e. The van der Waals surface area contributed by atoms with Gasteiger partial charge in [0.2, 0.25) is 5.91 Å². The summed E-state index contributed by atoms with van der Waals surface area (Å²) in [4.78, 5) is 12.3. The monoisotopic (exact) mass is 285 g/mol. The van der Waals surface area contributed by atoms with Crippen molar-refractivity contribution in [3.05, 3.63) is 35.4 Å². The molecule has 1 aromatic rings. The highest BCUT2D eigenvalue weighted by Gasteiger charge is 2.35. The van der Waals surface area contributed by atoms with Crippen LogP contribution in [-0.2, 0) is 11.3 Å². The van der Waals surface area contributed by atoms with E-state index in [0.717, 1.165) is 36.8 Å². The number of aliphatic hydroxyl groups excluding tert-OH is 1. The maximum absolute atomic E-state index is 12.3. The number of hydrogen-bond donors (Lipinski definition) is 2. The summed E-state index contributed by atoms with van der Waals surface area (Å²) in [7, 11) is 0. The van der Waals surface area contributed by atoms with Crippen LogP contribution in [0.5, 0.6) is 0 Å². The second-order valence-corrected chi connectivity index (χ2v) is 5.88. The van der Waals surface area contributed by atoms with E-state index in [4.69, 9.17) is 5.11 Å². The van der Waals surface area contributed by atoms with Gasteiger partial charge in [0.05, 0.1) is 6.61 Å². The first-order valence-corrected chi connectivity index (χ1v) is 7.62. The normalized spacial score (nSPS) is 16.1. The van der Waals surface area contributed by atoms with Crippen molar-refractivity contribution in [2.75, 3.05) is 6.61 Å². The molecule has 21 heavy (non-hydrogen) atoms. The largest absolute Gasteiger partial charge is 0.395 e.